The average Bonchev–Trinajstić information content (AvgIpc) is 2.34. The fraction of sp³-hybridized carbons (Fsp3) is 0.429. The normalized spacial score (nSPS) is 10.2. The van der Waals surface area contributed by atoms with Crippen LogP contribution < -0.4 is 0 Å². The highest BCUT2D eigenvalue weighted by atomic mass is 35.5. The molecule has 0 aliphatic rings. The number of nitrogens with zero attached hydrogens (tertiary/aromatic N) is 1. The lowest BCUT2D eigenvalue weighted by atomic mass is 10.3. The Morgan fingerprint density at radius 3 is 2.83 bits per heavy atom. The van der Waals surface area contributed by atoms with Crippen molar-refractivity contribution >= 4 is 28.9 Å². The molecule has 1 N–H and O–H groups in total. The van der Waals surface area contributed by atoms with E-state index in [1.54, 1.807) is 6.92 Å². The zero-order chi connectivity index (χ0) is 9.14. The number of carboxylic acid groups (broad SMARTS) is 1. The minimum absolute atomic E-state index is 0.146. The number of halogens is 1. The number of hydrogen-bond acceptors (Lipinski definition) is 3. The highest BCUT2D eigenvalue weighted by Gasteiger charge is 2.11. The molecule has 1 aromatic heterocycles. The third kappa shape index (κ3) is 1.95. The fourth-order valence-corrected chi connectivity index (χ4v) is 2.04. The minimum atomic E-state index is -0.969. The average molecular weight is 206 g/mol. The van der Waals surface area contributed by atoms with Gasteiger partial charge in [-0.05, 0) is 13.3 Å². The second kappa shape index (κ2) is 3.87. The van der Waals surface area contributed by atoms with Crippen molar-refractivity contribution in [2.45, 2.75) is 13.3 Å². The second-order valence-electron chi connectivity index (χ2n) is 2.27. The van der Waals surface area contributed by atoms with Crippen LogP contribution in [0.2, 0.25) is 0 Å². The number of alkyl halides is 1. The monoisotopic (exact) mass is 205 g/mol. The van der Waals surface area contributed by atoms with Gasteiger partial charge in [-0.1, -0.05) is 0 Å². The number of aromatic carboxylic acids is 1. The van der Waals surface area contributed by atoms with E-state index in [0.717, 1.165) is 10.6 Å². The van der Waals surface area contributed by atoms with E-state index in [4.69, 9.17) is 16.7 Å². The number of aromatic nitrogens is 1. The topological polar surface area (TPSA) is 50.2 Å². The molecule has 0 aromatic carbocycles. The van der Waals surface area contributed by atoms with Crippen LogP contribution in [0.3, 0.4) is 0 Å². The summed E-state index contributed by atoms with van der Waals surface area (Å²) >= 11 is 6.73. The molecule has 0 aliphatic carbocycles. The van der Waals surface area contributed by atoms with Crippen LogP contribution in [0.15, 0.2) is 0 Å². The van der Waals surface area contributed by atoms with E-state index < -0.39 is 5.97 Å². The van der Waals surface area contributed by atoms with Crippen LogP contribution in [0.25, 0.3) is 0 Å². The third-order valence-corrected chi connectivity index (χ3v) is 2.79. The molecular formula is C7H8ClNO2S. The molecule has 0 bridgehead atoms. The van der Waals surface area contributed by atoms with Crippen LogP contribution in [-0.4, -0.2) is 21.9 Å². The van der Waals surface area contributed by atoms with Crippen molar-refractivity contribution in [3.63, 3.8) is 0 Å². The highest BCUT2D eigenvalue weighted by Crippen LogP contribution is 2.18. The Hall–Kier alpha value is -0.610. The zero-order valence-corrected chi connectivity index (χ0v) is 8.08. The van der Waals surface area contributed by atoms with Gasteiger partial charge in [0.05, 0.1) is 5.69 Å². The lowest BCUT2D eigenvalue weighted by Gasteiger charge is -1.89. The molecule has 0 amide bonds. The van der Waals surface area contributed by atoms with Gasteiger partial charge in [0.25, 0.3) is 0 Å². The minimum Gasteiger partial charge on any atom is -0.476 e. The second-order valence-corrected chi connectivity index (χ2v) is 3.73. The van der Waals surface area contributed by atoms with Crippen LogP contribution in [-0.2, 0) is 6.42 Å². The quantitative estimate of drug-likeness (QED) is 0.768. The van der Waals surface area contributed by atoms with E-state index in [1.165, 1.54) is 11.3 Å². The van der Waals surface area contributed by atoms with Crippen LogP contribution in [0.1, 0.15) is 20.4 Å². The van der Waals surface area contributed by atoms with Gasteiger partial charge in [-0.3, -0.25) is 0 Å². The summed E-state index contributed by atoms with van der Waals surface area (Å²) in [6, 6.07) is 0. The van der Waals surface area contributed by atoms with Crippen LogP contribution in [0.4, 0.5) is 0 Å². The molecular weight excluding hydrogens is 198 g/mol. The van der Waals surface area contributed by atoms with Gasteiger partial charge in [0.2, 0.25) is 5.01 Å². The summed E-state index contributed by atoms with van der Waals surface area (Å²) in [4.78, 5) is 15.3. The molecule has 1 aromatic rings. The lowest BCUT2D eigenvalue weighted by Crippen LogP contribution is -1.93. The van der Waals surface area contributed by atoms with Crippen molar-refractivity contribution in [3.8, 4) is 0 Å². The first-order valence-corrected chi connectivity index (χ1v) is 4.76. The van der Waals surface area contributed by atoms with Gasteiger partial charge in [0, 0.05) is 10.8 Å². The van der Waals surface area contributed by atoms with Crippen molar-refractivity contribution < 1.29 is 9.90 Å². The van der Waals surface area contributed by atoms with E-state index in [0.29, 0.717) is 12.3 Å². The van der Waals surface area contributed by atoms with Gasteiger partial charge in [0.1, 0.15) is 0 Å². The summed E-state index contributed by atoms with van der Waals surface area (Å²) in [6.45, 7) is 1.80. The molecule has 0 radical (unpaired) electrons. The summed E-state index contributed by atoms with van der Waals surface area (Å²) in [5.74, 6) is -0.467. The molecule has 3 nitrogen and oxygen atoms in total. The number of thiazole rings is 1. The maximum atomic E-state index is 10.5. The standard InChI is InChI=1S/C7H8ClNO2S/c1-4-5(2-3-8)12-6(9-4)7(10)11/h2-3H2,1H3,(H,10,11). The number of rotatable bonds is 3. The van der Waals surface area contributed by atoms with Crippen molar-refractivity contribution in [2.24, 2.45) is 0 Å². The molecule has 0 atom stereocenters. The largest absolute Gasteiger partial charge is 0.476 e. The van der Waals surface area contributed by atoms with E-state index in [1.807, 2.05) is 0 Å². The molecule has 5 heteroatoms. The molecule has 0 saturated heterocycles. The van der Waals surface area contributed by atoms with E-state index >= 15 is 0 Å². The summed E-state index contributed by atoms with van der Waals surface area (Å²) in [7, 11) is 0. The van der Waals surface area contributed by atoms with Crippen LogP contribution in [0.5, 0.6) is 0 Å². The van der Waals surface area contributed by atoms with Gasteiger partial charge >= 0.3 is 5.97 Å². The number of carbonyl (C=O) groups is 1. The van der Waals surface area contributed by atoms with Gasteiger partial charge < -0.3 is 5.11 Å². The molecule has 0 spiro atoms. The fourth-order valence-electron chi connectivity index (χ4n) is 0.837. The predicted octanol–water partition coefficient (Wildman–Crippen LogP) is 1.93. The van der Waals surface area contributed by atoms with Gasteiger partial charge in [-0.25, -0.2) is 9.78 Å². The van der Waals surface area contributed by atoms with Crippen molar-refractivity contribution in [1.29, 1.82) is 0 Å². The van der Waals surface area contributed by atoms with Crippen LogP contribution >= 0.6 is 22.9 Å². The molecule has 0 aliphatic heterocycles. The van der Waals surface area contributed by atoms with Crippen LogP contribution in [0, 0.1) is 6.92 Å². The molecule has 66 valence electrons. The number of hydrogen-bond donors (Lipinski definition) is 1. The van der Waals surface area contributed by atoms with E-state index in [9.17, 15) is 4.79 Å². The van der Waals surface area contributed by atoms with Crippen molar-refractivity contribution in [1.82, 2.24) is 4.98 Å². The first kappa shape index (κ1) is 9.48. The maximum absolute atomic E-state index is 10.5. The third-order valence-electron chi connectivity index (χ3n) is 1.40. The molecule has 0 fully saturated rings. The highest BCUT2D eigenvalue weighted by molar-refractivity contribution is 7.13. The SMILES string of the molecule is Cc1nc(C(=O)O)sc1CCCl. The van der Waals surface area contributed by atoms with E-state index in [-0.39, 0.29) is 5.01 Å². The Morgan fingerprint density at radius 2 is 2.42 bits per heavy atom. The van der Waals surface area contributed by atoms with Gasteiger partial charge in [-0.15, -0.1) is 22.9 Å². The summed E-state index contributed by atoms with van der Waals surface area (Å²) in [5.41, 5.74) is 0.776. The zero-order valence-electron chi connectivity index (χ0n) is 6.50. The van der Waals surface area contributed by atoms with Gasteiger partial charge in [-0.2, -0.15) is 0 Å². The first-order valence-electron chi connectivity index (χ1n) is 3.40. The Morgan fingerprint density at radius 1 is 1.75 bits per heavy atom. The predicted molar refractivity (Wildman–Crippen MR) is 48.2 cm³/mol. The lowest BCUT2D eigenvalue weighted by molar-refractivity contribution is 0.0696. The maximum Gasteiger partial charge on any atom is 0.365 e. The van der Waals surface area contributed by atoms with Gasteiger partial charge in [0.15, 0.2) is 0 Å². The molecule has 0 saturated carbocycles. The molecule has 1 heterocycles. The Kier molecular flexibility index (Phi) is 3.05. The Bertz CT molecular complexity index is 298. The molecule has 1 rings (SSSR count). The number of aryl methyl sites for hydroxylation is 2. The Balaban J connectivity index is 2.92. The first-order chi connectivity index (χ1) is 5.65. The smallest absolute Gasteiger partial charge is 0.365 e. The molecule has 0 unspecified atom stereocenters. The van der Waals surface area contributed by atoms with Crippen molar-refractivity contribution in [3.05, 3.63) is 15.6 Å². The number of carboxylic acids is 1. The summed E-state index contributed by atoms with van der Waals surface area (Å²) in [5, 5.41) is 8.75. The summed E-state index contributed by atoms with van der Waals surface area (Å²) in [6.07, 6.45) is 0.693. The molecule has 12 heavy (non-hydrogen) atoms. The van der Waals surface area contributed by atoms with E-state index in [2.05, 4.69) is 4.98 Å². The Labute approximate surface area is 79.0 Å². The summed E-state index contributed by atoms with van der Waals surface area (Å²) < 4.78 is 0. The van der Waals surface area contributed by atoms with Crippen molar-refractivity contribution in [2.75, 3.05) is 5.88 Å².